The van der Waals surface area contributed by atoms with Crippen molar-refractivity contribution in [1.82, 2.24) is 9.97 Å². The van der Waals surface area contributed by atoms with Crippen LogP contribution in [-0.2, 0) is 10.9 Å². The van der Waals surface area contributed by atoms with Gasteiger partial charge in [0, 0.05) is 5.56 Å². The van der Waals surface area contributed by atoms with Gasteiger partial charge in [-0.3, -0.25) is 0 Å². The number of carbonyl (C=O) groups excluding carboxylic acids is 1. The molecule has 2 heterocycles. The van der Waals surface area contributed by atoms with E-state index in [9.17, 15) is 18.0 Å². The zero-order chi connectivity index (χ0) is 16.5. The molecular weight excluding hydrogens is 344 g/mol. The summed E-state index contributed by atoms with van der Waals surface area (Å²) >= 11 is 11.6. The standard InChI is InChI=1S/C13H7Cl2F3N2O2/c1-22-12(21)10-7(14)3-4-8(19-10)6-2-5-9(13(16,17)18)20-11(6)15/h2-5H,1H3. The molecule has 0 aliphatic rings. The summed E-state index contributed by atoms with van der Waals surface area (Å²) in [4.78, 5) is 18.8. The highest BCUT2D eigenvalue weighted by Gasteiger charge is 2.33. The van der Waals surface area contributed by atoms with E-state index in [2.05, 4.69) is 14.7 Å². The first-order valence-electron chi connectivity index (χ1n) is 5.73. The van der Waals surface area contributed by atoms with Crippen molar-refractivity contribution in [1.29, 1.82) is 0 Å². The van der Waals surface area contributed by atoms with Gasteiger partial charge in [-0.15, -0.1) is 0 Å². The first-order chi connectivity index (χ1) is 10.2. The van der Waals surface area contributed by atoms with E-state index < -0.39 is 17.8 Å². The number of hydrogen-bond donors (Lipinski definition) is 0. The third-order valence-corrected chi connectivity index (χ3v) is 3.23. The van der Waals surface area contributed by atoms with Crippen LogP contribution in [0.2, 0.25) is 10.2 Å². The first kappa shape index (κ1) is 16.5. The SMILES string of the molecule is COC(=O)c1nc(-c2ccc(C(F)(F)F)nc2Cl)ccc1Cl. The van der Waals surface area contributed by atoms with Crippen LogP contribution in [-0.4, -0.2) is 23.0 Å². The maximum Gasteiger partial charge on any atom is 0.433 e. The number of halogens is 5. The largest absolute Gasteiger partial charge is 0.464 e. The normalized spacial score (nSPS) is 11.4. The Labute approximate surface area is 132 Å². The second kappa shape index (κ2) is 6.10. The Morgan fingerprint density at radius 3 is 2.36 bits per heavy atom. The molecule has 0 aliphatic heterocycles. The number of hydrogen-bond acceptors (Lipinski definition) is 4. The number of esters is 1. The highest BCUT2D eigenvalue weighted by atomic mass is 35.5. The molecule has 22 heavy (non-hydrogen) atoms. The second-order valence-corrected chi connectivity index (χ2v) is 4.82. The Kier molecular flexibility index (Phi) is 4.58. The minimum absolute atomic E-state index is 0.0478. The number of ether oxygens (including phenoxy) is 1. The van der Waals surface area contributed by atoms with E-state index in [4.69, 9.17) is 23.2 Å². The molecule has 2 rings (SSSR count). The van der Waals surface area contributed by atoms with E-state index in [1.54, 1.807) is 0 Å². The van der Waals surface area contributed by atoms with E-state index in [0.29, 0.717) is 0 Å². The fraction of sp³-hybridized carbons (Fsp3) is 0.154. The van der Waals surface area contributed by atoms with Gasteiger partial charge in [0.25, 0.3) is 0 Å². The molecule has 0 radical (unpaired) electrons. The molecule has 0 saturated heterocycles. The summed E-state index contributed by atoms with van der Waals surface area (Å²) in [6.45, 7) is 0. The van der Waals surface area contributed by atoms with Gasteiger partial charge in [0.2, 0.25) is 0 Å². The van der Waals surface area contributed by atoms with E-state index in [-0.39, 0.29) is 27.1 Å². The lowest BCUT2D eigenvalue weighted by Gasteiger charge is -2.09. The maximum absolute atomic E-state index is 12.6. The summed E-state index contributed by atoms with van der Waals surface area (Å²) < 4.78 is 42.2. The predicted molar refractivity (Wildman–Crippen MR) is 73.8 cm³/mol. The third-order valence-electron chi connectivity index (χ3n) is 2.64. The van der Waals surface area contributed by atoms with Crippen LogP contribution in [0.15, 0.2) is 24.3 Å². The fourth-order valence-electron chi connectivity index (χ4n) is 1.62. The second-order valence-electron chi connectivity index (χ2n) is 4.05. The van der Waals surface area contributed by atoms with Crippen LogP contribution in [0.4, 0.5) is 13.2 Å². The first-order valence-corrected chi connectivity index (χ1v) is 6.48. The predicted octanol–water partition coefficient (Wildman–Crippen LogP) is 4.26. The van der Waals surface area contributed by atoms with Crippen LogP contribution in [0, 0.1) is 0 Å². The molecule has 0 fully saturated rings. The molecule has 0 bridgehead atoms. The van der Waals surface area contributed by atoms with E-state index in [1.165, 1.54) is 12.1 Å². The minimum atomic E-state index is -4.60. The molecule has 0 aliphatic carbocycles. The molecule has 2 aromatic rings. The number of aromatic nitrogens is 2. The number of pyridine rings is 2. The lowest BCUT2D eigenvalue weighted by molar-refractivity contribution is -0.141. The summed E-state index contributed by atoms with van der Waals surface area (Å²) in [5, 5.41) is -0.341. The third kappa shape index (κ3) is 3.31. The van der Waals surface area contributed by atoms with Crippen molar-refractivity contribution in [2.45, 2.75) is 6.18 Å². The van der Waals surface area contributed by atoms with Crippen molar-refractivity contribution in [2.24, 2.45) is 0 Å². The zero-order valence-corrected chi connectivity index (χ0v) is 12.4. The van der Waals surface area contributed by atoms with Crippen molar-refractivity contribution in [2.75, 3.05) is 7.11 Å². The van der Waals surface area contributed by atoms with Gasteiger partial charge in [-0.1, -0.05) is 23.2 Å². The smallest absolute Gasteiger partial charge is 0.433 e. The molecule has 4 nitrogen and oxygen atoms in total. The molecule has 0 spiro atoms. The van der Waals surface area contributed by atoms with Crippen LogP contribution in [0.5, 0.6) is 0 Å². The highest BCUT2D eigenvalue weighted by molar-refractivity contribution is 6.33. The Bertz CT molecular complexity index is 736. The van der Waals surface area contributed by atoms with Crippen LogP contribution >= 0.6 is 23.2 Å². The van der Waals surface area contributed by atoms with Gasteiger partial charge in [-0.2, -0.15) is 13.2 Å². The number of alkyl halides is 3. The summed E-state index contributed by atoms with van der Waals surface area (Å²) in [6, 6.07) is 4.67. The molecule has 0 unspecified atom stereocenters. The molecule has 0 saturated carbocycles. The Balaban J connectivity index is 2.51. The van der Waals surface area contributed by atoms with Gasteiger partial charge < -0.3 is 4.74 Å². The van der Waals surface area contributed by atoms with Crippen molar-refractivity contribution >= 4 is 29.2 Å². The average molecular weight is 351 g/mol. The Morgan fingerprint density at radius 1 is 1.14 bits per heavy atom. The van der Waals surface area contributed by atoms with Crippen LogP contribution < -0.4 is 0 Å². The van der Waals surface area contributed by atoms with Crippen LogP contribution in [0.25, 0.3) is 11.3 Å². The van der Waals surface area contributed by atoms with Gasteiger partial charge in [0.05, 0.1) is 17.8 Å². The van der Waals surface area contributed by atoms with Crippen molar-refractivity contribution < 1.29 is 22.7 Å². The molecule has 0 N–H and O–H groups in total. The lowest BCUT2D eigenvalue weighted by atomic mass is 10.1. The van der Waals surface area contributed by atoms with Gasteiger partial charge in [0.1, 0.15) is 10.8 Å². The van der Waals surface area contributed by atoms with Gasteiger partial charge in [-0.25, -0.2) is 14.8 Å². The van der Waals surface area contributed by atoms with E-state index >= 15 is 0 Å². The molecule has 116 valence electrons. The molecule has 9 heteroatoms. The topological polar surface area (TPSA) is 52.1 Å². The molecule has 0 atom stereocenters. The summed E-state index contributed by atoms with van der Waals surface area (Å²) in [5.41, 5.74) is -1.01. The fourth-order valence-corrected chi connectivity index (χ4v) is 2.05. The van der Waals surface area contributed by atoms with Crippen LogP contribution in [0.3, 0.4) is 0 Å². The maximum atomic E-state index is 12.6. The lowest BCUT2D eigenvalue weighted by Crippen LogP contribution is -2.09. The van der Waals surface area contributed by atoms with E-state index in [0.717, 1.165) is 19.2 Å². The number of carbonyl (C=O) groups is 1. The number of methoxy groups -OCH3 is 1. The summed E-state index contributed by atoms with van der Waals surface area (Å²) in [7, 11) is 1.15. The van der Waals surface area contributed by atoms with Crippen molar-refractivity contribution in [3.63, 3.8) is 0 Å². The van der Waals surface area contributed by atoms with Crippen LogP contribution in [0.1, 0.15) is 16.2 Å². The highest BCUT2D eigenvalue weighted by Crippen LogP contribution is 2.33. The quantitative estimate of drug-likeness (QED) is 0.599. The van der Waals surface area contributed by atoms with Gasteiger partial charge in [-0.05, 0) is 24.3 Å². The summed E-state index contributed by atoms with van der Waals surface area (Å²) in [6.07, 6.45) is -4.60. The van der Waals surface area contributed by atoms with E-state index in [1.807, 2.05) is 0 Å². The molecule has 0 aromatic carbocycles. The van der Waals surface area contributed by atoms with Crippen molar-refractivity contribution in [3.8, 4) is 11.3 Å². The minimum Gasteiger partial charge on any atom is -0.464 e. The van der Waals surface area contributed by atoms with Gasteiger partial charge in [0.15, 0.2) is 5.69 Å². The van der Waals surface area contributed by atoms with Gasteiger partial charge >= 0.3 is 12.1 Å². The Morgan fingerprint density at radius 2 is 1.82 bits per heavy atom. The number of rotatable bonds is 2. The zero-order valence-electron chi connectivity index (χ0n) is 10.9. The molecular formula is C13H7Cl2F3N2O2. The van der Waals surface area contributed by atoms with Crippen molar-refractivity contribution in [3.05, 3.63) is 45.8 Å². The Hall–Kier alpha value is -1.86. The average Bonchev–Trinajstić information content (AvgIpc) is 2.46. The molecule has 0 amide bonds. The summed E-state index contributed by atoms with van der Waals surface area (Å²) in [5.74, 6) is -0.775. The monoisotopic (exact) mass is 350 g/mol. The number of nitrogens with zero attached hydrogens (tertiary/aromatic N) is 2. The molecule has 2 aromatic heterocycles.